The summed E-state index contributed by atoms with van der Waals surface area (Å²) in [5.74, 6) is 0.925. The predicted molar refractivity (Wildman–Crippen MR) is 84.4 cm³/mol. The summed E-state index contributed by atoms with van der Waals surface area (Å²) in [5.41, 5.74) is 1.02. The molecule has 2 unspecified atom stereocenters. The first-order chi connectivity index (χ1) is 9.02. The van der Waals surface area contributed by atoms with Gasteiger partial charge in [0, 0.05) is 12.1 Å². The molecule has 0 heterocycles. The third kappa shape index (κ3) is 4.01. The Kier molecular flexibility index (Phi) is 5.42. The zero-order valence-electron chi connectivity index (χ0n) is 11.3. The average molecular weight is 321 g/mol. The van der Waals surface area contributed by atoms with Crippen LogP contribution in [0.5, 0.6) is 0 Å². The van der Waals surface area contributed by atoms with Crippen molar-refractivity contribution in [3.63, 3.8) is 0 Å². The Hall–Kier alpha value is 0.0500. The normalized spacial score (nSPS) is 18.4. The highest BCUT2D eigenvalue weighted by atomic mass is 35.5. The van der Waals surface area contributed by atoms with Gasteiger partial charge in [-0.1, -0.05) is 60.6 Å². The number of hydrogen-bond acceptors (Lipinski definition) is 1. The maximum absolute atomic E-state index is 6.28. The third-order valence-electron chi connectivity index (χ3n) is 3.82. The van der Waals surface area contributed by atoms with Crippen molar-refractivity contribution in [2.24, 2.45) is 5.92 Å². The molecule has 0 saturated heterocycles. The van der Waals surface area contributed by atoms with Crippen LogP contribution in [0.2, 0.25) is 15.1 Å². The lowest BCUT2D eigenvalue weighted by Gasteiger charge is -2.23. The van der Waals surface area contributed by atoms with Crippen LogP contribution in [0.25, 0.3) is 0 Å². The van der Waals surface area contributed by atoms with Gasteiger partial charge in [0.25, 0.3) is 0 Å². The second-order valence-electron chi connectivity index (χ2n) is 5.44. The quantitative estimate of drug-likeness (QED) is 0.646. The smallest absolute Gasteiger partial charge is 0.0781 e. The molecule has 0 amide bonds. The van der Waals surface area contributed by atoms with Crippen LogP contribution in [-0.4, -0.2) is 6.04 Å². The average Bonchev–Trinajstić information content (AvgIpc) is 3.19. The van der Waals surface area contributed by atoms with Crippen LogP contribution in [0, 0.1) is 5.92 Å². The van der Waals surface area contributed by atoms with Crippen molar-refractivity contribution in [1.29, 1.82) is 0 Å². The molecule has 1 aromatic rings. The molecule has 19 heavy (non-hydrogen) atoms. The number of benzene rings is 1. The molecule has 2 rings (SSSR count). The first-order valence-corrected chi connectivity index (χ1v) is 8.05. The van der Waals surface area contributed by atoms with Gasteiger partial charge in [-0.3, -0.25) is 0 Å². The molecule has 1 aliphatic rings. The Morgan fingerprint density at radius 1 is 1.21 bits per heavy atom. The van der Waals surface area contributed by atoms with Gasteiger partial charge in [0.15, 0.2) is 0 Å². The van der Waals surface area contributed by atoms with Crippen molar-refractivity contribution in [1.82, 2.24) is 5.32 Å². The van der Waals surface area contributed by atoms with Crippen LogP contribution >= 0.6 is 34.8 Å². The summed E-state index contributed by atoms with van der Waals surface area (Å²) in [4.78, 5) is 0. The Morgan fingerprint density at radius 2 is 1.89 bits per heavy atom. The molecule has 0 aromatic heterocycles. The Bertz CT molecular complexity index is 443. The van der Waals surface area contributed by atoms with Crippen molar-refractivity contribution in [2.75, 3.05) is 0 Å². The van der Waals surface area contributed by atoms with E-state index in [-0.39, 0.29) is 6.04 Å². The number of halogens is 3. The van der Waals surface area contributed by atoms with Crippen LogP contribution in [-0.2, 0) is 0 Å². The van der Waals surface area contributed by atoms with Crippen molar-refractivity contribution in [3.05, 3.63) is 32.8 Å². The van der Waals surface area contributed by atoms with Gasteiger partial charge in [0.05, 0.1) is 15.1 Å². The maximum atomic E-state index is 6.28. The van der Waals surface area contributed by atoms with E-state index in [2.05, 4.69) is 19.2 Å². The fraction of sp³-hybridized carbons (Fsp3) is 0.600. The lowest BCUT2D eigenvalue weighted by atomic mass is 10.0. The lowest BCUT2D eigenvalue weighted by Crippen LogP contribution is -2.31. The molecule has 1 nitrogen and oxygen atoms in total. The highest BCUT2D eigenvalue weighted by molar-refractivity contribution is 6.48. The van der Waals surface area contributed by atoms with E-state index in [9.17, 15) is 0 Å². The monoisotopic (exact) mass is 319 g/mol. The molecule has 0 aliphatic heterocycles. The van der Waals surface area contributed by atoms with Gasteiger partial charge in [-0.2, -0.15) is 0 Å². The summed E-state index contributed by atoms with van der Waals surface area (Å²) in [5, 5.41) is 5.18. The Balaban J connectivity index is 2.05. The third-order valence-corrected chi connectivity index (χ3v) is 5.13. The van der Waals surface area contributed by atoms with E-state index in [0.29, 0.717) is 21.1 Å². The molecule has 4 heteroatoms. The fourth-order valence-electron chi connectivity index (χ4n) is 2.43. The van der Waals surface area contributed by atoms with Crippen LogP contribution in [0.1, 0.15) is 51.1 Å². The fourth-order valence-corrected chi connectivity index (χ4v) is 3.13. The Morgan fingerprint density at radius 3 is 2.47 bits per heavy atom. The molecule has 0 bridgehead atoms. The van der Waals surface area contributed by atoms with Crippen LogP contribution < -0.4 is 5.32 Å². The molecule has 1 saturated carbocycles. The number of nitrogens with one attached hydrogen (secondary N) is 1. The summed E-state index contributed by atoms with van der Waals surface area (Å²) in [6.45, 7) is 4.35. The van der Waals surface area contributed by atoms with E-state index < -0.39 is 0 Å². The van der Waals surface area contributed by atoms with E-state index in [4.69, 9.17) is 34.8 Å². The van der Waals surface area contributed by atoms with Gasteiger partial charge in [-0.15, -0.1) is 0 Å². The molecule has 0 radical (unpaired) electrons. The van der Waals surface area contributed by atoms with Gasteiger partial charge in [-0.05, 0) is 37.3 Å². The maximum Gasteiger partial charge on any atom is 0.0781 e. The van der Waals surface area contributed by atoms with Crippen LogP contribution in [0.15, 0.2) is 12.1 Å². The van der Waals surface area contributed by atoms with Gasteiger partial charge in [0.2, 0.25) is 0 Å². The largest absolute Gasteiger partial charge is 0.307 e. The standard InChI is InChI=1S/C15H20Cl3N/c1-3-11(8-10-4-5-10)19-9(2)12-6-7-13(16)15(18)14(12)17/h6-7,9-11,19H,3-5,8H2,1-2H3. The van der Waals surface area contributed by atoms with E-state index >= 15 is 0 Å². The SMILES string of the molecule is CCC(CC1CC1)NC(C)c1ccc(Cl)c(Cl)c1Cl. The number of hydrogen-bond donors (Lipinski definition) is 1. The summed E-state index contributed by atoms with van der Waals surface area (Å²) in [6.07, 6.45) is 5.18. The summed E-state index contributed by atoms with van der Waals surface area (Å²) >= 11 is 18.3. The molecule has 1 fully saturated rings. The summed E-state index contributed by atoms with van der Waals surface area (Å²) < 4.78 is 0. The van der Waals surface area contributed by atoms with E-state index in [1.165, 1.54) is 19.3 Å². The minimum absolute atomic E-state index is 0.186. The van der Waals surface area contributed by atoms with Gasteiger partial charge < -0.3 is 5.32 Å². The van der Waals surface area contributed by atoms with Gasteiger partial charge in [0.1, 0.15) is 0 Å². The second-order valence-corrected chi connectivity index (χ2v) is 6.60. The minimum Gasteiger partial charge on any atom is -0.307 e. The van der Waals surface area contributed by atoms with Gasteiger partial charge in [-0.25, -0.2) is 0 Å². The van der Waals surface area contributed by atoms with Crippen molar-refractivity contribution < 1.29 is 0 Å². The first-order valence-electron chi connectivity index (χ1n) is 6.92. The molecular weight excluding hydrogens is 301 g/mol. The molecule has 0 spiro atoms. The molecular formula is C15H20Cl3N. The molecule has 106 valence electrons. The summed E-state index contributed by atoms with van der Waals surface area (Å²) in [7, 11) is 0. The first kappa shape index (κ1) is 15.4. The van der Waals surface area contributed by atoms with E-state index in [1.54, 1.807) is 0 Å². The molecule has 2 atom stereocenters. The second kappa shape index (κ2) is 6.67. The Labute approximate surface area is 130 Å². The van der Waals surface area contributed by atoms with Crippen molar-refractivity contribution in [3.8, 4) is 0 Å². The number of rotatable bonds is 6. The summed E-state index contributed by atoms with van der Waals surface area (Å²) in [6, 6.07) is 4.50. The van der Waals surface area contributed by atoms with E-state index in [0.717, 1.165) is 17.9 Å². The highest BCUT2D eigenvalue weighted by Crippen LogP contribution is 2.37. The zero-order chi connectivity index (χ0) is 14.0. The van der Waals surface area contributed by atoms with Crippen molar-refractivity contribution >= 4 is 34.8 Å². The van der Waals surface area contributed by atoms with Crippen molar-refractivity contribution in [2.45, 2.75) is 51.6 Å². The van der Waals surface area contributed by atoms with Crippen LogP contribution in [0.4, 0.5) is 0 Å². The van der Waals surface area contributed by atoms with Gasteiger partial charge >= 0.3 is 0 Å². The topological polar surface area (TPSA) is 12.0 Å². The highest BCUT2D eigenvalue weighted by Gasteiger charge is 2.26. The molecule has 1 aromatic carbocycles. The minimum atomic E-state index is 0.186. The zero-order valence-corrected chi connectivity index (χ0v) is 13.6. The van der Waals surface area contributed by atoms with Crippen LogP contribution in [0.3, 0.4) is 0 Å². The molecule has 1 N–H and O–H groups in total. The predicted octanol–water partition coefficient (Wildman–Crippen LogP) is 5.88. The lowest BCUT2D eigenvalue weighted by molar-refractivity contribution is 0.404. The van der Waals surface area contributed by atoms with E-state index in [1.807, 2.05) is 12.1 Å². The molecule has 1 aliphatic carbocycles.